The van der Waals surface area contributed by atoms with E-state index in [4.69, 9.17) is 4.74 Å². The summed E-state index contributed by atoms with van der Waals surface area (Å²) in [6.45, 7) is 7.68. The second kappa shape index (κ2) is 8.99. The molecular formula is C20H24BrNO4S. The van der Waals surface area contributed by atoms with Gasteiger partial charge in [0.1, 0.15) is 6.04 Å². The van der Waals surface area contributed by atoms with Gasteiger partial charge in [-0.05, 0) is 56.5 Å². The molecule has 0 bridgehead atoms. The first-order valence-electron chi connectivity index (χ1n) is 8.62. The molecular weight excluding hydrogens is 430 g/mol. The summed E-state index contributed by atoms with van der Waals surface area (Å²) in [4.78, 5) is 12.0. The number of esters is 1. The highest BCUT2D eigenvalue weighted by atomic mass is 79.9. The third-order valence-electron chi connectivity index (χ3n) is 4.30. The Morgan fingerprint density at radius 1 is 1.07 bits per heavy atom. The minimum absolute atomic E-state index is 0.0992. The van der Waals surface area contributed by atoms with Crippen LogP contribution in [0, 0.1) is 20.8 Å². The fourth-order valence-corrected chi connectivity index (χ4v) is 4.55. The molecule has 0 aliphatic heterocycles. The first-order valence-corrected chi connectivity index (χ1v) is 11.0. The quantitative estimate of drug-likeness (QED) is 0.508. The number of nitrogens with one attached hydrogen (secondary N) is 1. The van der Waals surface area contributed by atoms with Crippen molar-refractivity contribution in [1.29, 1.82) is 0 Å². The van der Waals surface area contributed by atoms with E-state index in [-0.39, 0.29) is 11.5 Å². The van der Waals surface area contributed by atoms with Crippen LogP contribution in [-0.4, -0.2) is 27.0 Å². The normalized spacial score (nSPS) is 13.8. The predicted octanol–water partition coefficient (Wildman–Crippen LogP) is 3.96. The molecule has 0 aliphatic rings. The zero-order valence-corrected chi connectivity index (χ0v) is 18.2. The molecule has 0 heterocycles. The number of carbonyl (C=O) groups excluding carboxylic acids is 1. The van der Waals surface area contributed by atoms with E-state index < -0.39 is 26.9 Å². The van der Waals surface area contributed by atoms with Crippen molar-refractivity contribution < 1.29 is 17.9 Å². The minimum atomic E-state index is -3.89. The van der Waals surface area contributed by atoms with E-state index in [1.807, 2.05) is 39.0 Å². The van der Waals surface area contributed by atoms with Crippen molar-refractivity contribution in [3.05, 3.63) is 64.7 Å². The summed E-state index contributed by atoms with van der Waals surface area (Å²) in [6.07, 6.45) is 0. The van der Waals surface area contributed by atoms with E-state index in [2.05, 4.69) is 20.7 Å². The molecule has 2 atom stereocenters. The van der Waals surface area contributed by atoms with E-state index in [0.29, 0.717) is 0 Å². The van der Waals surface area contributed by atoms with Crippen molar-refractivity contribution in [3.63, 3.8) is 0 Å². The molecule has 0 radical (unpaired) electrons. The van der Waals surface area contributed by atoms with Gasteiger partial charge < -0.3 is 4.74 Å². The average Bonchev–Trinajstić information content (AvgIpc) is 2.62. The summed E-state index contributed by atoms with van der Waals surface area (Å²) in [5, 5.41) is 0. The van der Waals surface area contributed by atoms with E-state index in [1.54, 1.807) is 19.1 Å². The molecule has 146 valence electrons. The van der Waals surface area contributed by atoms with E-state index in [9.17, 15) is 13.2 Å². The van der Waals surface area contributed by atoms with Crippen molar-refractivity contribution >= 4 is 31.9 Å². The van der Waals surface area contributed by atoms with Crippen LogP contribution in [0.1, 0.15) is 34.0 Å². The van der Waals surface area contributed by atoms with E-state index in [0.717, 1.165) is 22.3 Å². The fraction of sp³-hybridized carbons (Fsp3) is 0.350. The molecule has 7 heteroatoms. The van der Waals surface area contributed by atoms with Crippen molar-refractivity contribution in [1.82, 2.24) is 4.72 Å². The van der Waals surface area contributed by atoms with Gasteiger partial charge in [0, 0.05) is 0 Å². The Balaban J connectivity index is 2.37. The molecule has 2 rings (SSSR count). The molecule has 27 heavy (non-hydrogen) atoms. The van der Waals surface area contributed by atoms with Gasteiger partial charge in [0.2, 0.25) is 10.0 Å². The Morgan fingerprint density at radius 3 is 2.26 bits per heavy atom. The third kappa shape index (κ3) is 5.40. The van der Waals surface area contributed by atoms with Gasteiger partial charge in [-0.3, -0.25) is 4.79 Å². The highest BCUT2D eigenvalue weighted by molar-refractivity contribution is 9.09. The lowest BCUT2D eigenvalue weighted by Crippen LogP contribution is -2.44. The Bertz CT molecular complexity index is 910. The molecule has 2 aromatic rings. The van der Waals surface area contributed by atoms with Crippen molar-refractivity contribution in [2.24, 2.45) is 0 Å². The number of carbonyl (C=O) groups is 1. The highest BCUT2D eigenvalue weighted by Crippen LogP contribution is 2.30. The lowest BCUT2D eigenvalue weighted by molar-refractivity contribution is -0.145. The number of hydrogen-bond acceptors (Lipinski definition) is 4. The summed E-state index contributed by atoms with van der Waals surface area (Å²) >= 11 is 3.49. The third-order valence-corrected chi connectivity index (χ3v) is 6.81. The van der Waals surface area contributed by atoms with Gasteiger partial charge >= 0.3 is 5.97 Å². The average molecular weight is 454 g/mol. The van der Waals surface area contributed by atoms with E-state index >= 15 is 0 Å². The van der Waals surface area contributed by atoms with Crippen molar-refractivity contribution in [2.75, 3.05) is 6.61 Å². The minimum Gasteiger partial charge on any atom is -0.465 e. The number of ether oxygens (including phenoxy) is 1. The number of hydrogen-bond donors (Lipinski definition) is 1. The molecule has 0 aromatic heterocycles. The number of benzene rings is 2. The van der Waals surface area contributed by atoms with Crippen LogP contribution in [0.15, 0.2) is 47.4 Å². The van der Waals surface area contributed by atoms with Gasteiger partial charge in [0.05, 0.1) is 16.3 Å². The van der Waals surface area contributed by atoms with Crippen molar-refractivity contribution in [3.8, 4) is 0 Å². The highest BCUT2D eigenvalue weighted by Gasteiger charge is 2.33. The number of aryl methyl sites for hydroxylation is 3. The van der Waals surface area contributed by atoms with Crippen LogP contribution in [-0.2, 0) is 19.6 Å². The largest absolute Gasteiger partial charge is 0.465 e. The monoisotopic (exact) mass is 453 g/mol. The molecule has 0 spiro atoms. The summed E-state index contributed by atoms with van der Waals surface area (Å²) < 4.78 is 33.2. The standard InChI is InChI=1S/C20H24BrNO4S/c1-5-26-20(23)19(18(21)16-9-8-14(3)15(4)12-16)22-27(24,25)17-10-6-13(2)7-11-17/h6-12,18-19,22H,5H2,1-4H3. The number of sulfonamides is 1. The molecule has 1 N–H and O–H groups in total. The second-order valence-corrected chi connectivity index (χ2v) is 9.11. The van der Waals surface area contributed by atoms with Gasteiger partial charge in [-0.2, -0.15) is 4.72 Å². The number of alkyl halides is 1. The van der Waals surface area contributed by atoms with Crippen LogP contribution >= 0.6 is 15.9 Å². The molecule has 0 saturated heterocycles. The maximum atomic E-state index is 12.8. The van der Waals surface area contributed by atoms with Gasteiger partial charge in [-0.1, -0.05) is 51.8 Å². The summed E-state index contributed by atoms with van der Waals surface area (Å²) in [5.74, 6) is -0.631. The van der Waals surface area contributed by atoms with E-state index in [1.165, 1.54) is 12.1 Å². The maximum absolute atomic E-state index is 12.8. The van der Waals surface area contributed by atoms with Gasteiger partial charge in [-0.15, -0.1) is 0 Å². The topological polar surface area (TPSA) is 72.5 Å². The summed E-state index contributed by atoms with van der Waals surface area (Å²) in [5.41, 5.74) is 3.92. The first kappa shape index (κ1) is 21.6. The molecule has 0 amide bonds. The Kier molecular flexibility index (Phi) is 7.19. The van der Waals surface area contributed by atoms with Gasteiger partial charge in [-0.25, -0.2) is 8.42 Å². The maximum Gasteiger partial charge on any atom is 0.325 e. The zero-order valence-electron chi connectivity index (χ0n) is 15.8. The van der Waals surface area contributed by atoms with Crippen LogP contribution in [0.2, 0.25) is 0 Å². The molecule has 5 nitrogen and oxygen atoms in total. The Morgan fingerprint density at radius 2 is 1.70 bits per heavy atom. The molecule has 2 unspecified atom stereocenters. The van der Waals surface area contributed by atoms with Crippen LogP contribution in [0.4, 0.5) is 0 Å². The zero-order chi connectivity index (χ0) is 20.2. The smallest absolute Gasteiger partial charge is 0.325 e. The lowest BCUT2D eigenvalue weighted by atomic mass is 10.0. The summed E-state index contributed by atoms with van der Waals surface area (Å²) in [7, 11) is -3.89. The Hall–Kier alpha value is -1.70. The van der Waals surface area contributed by atoms with Gasteiger partial charge in [0.25, 0.3) is 0 Å². The van der Waals surface area contributed by atoms with Crippen LogP contribution in [0.25, 0.3) is 0 Å². The van der Waals surface area contributed by atoms with Crippen LogP contribution < -0.4 is 4.72 Å². The molecule has 0 fully saturated rings. The molecule has 0 saturated carbocycles. The number of halogens is 1. The summed E-state index contributed by atoms with van der Waals surface area (Å²) in [6, 6.07) is 11.1. The number of rotatable bonds is 7. The lowest BCUT2D eigenvalue weighted by Gasteiger charge is -2.23. The first-order chi connectivity index (χ1) is 12.7. The molecule has 2 aromatic carbocycles. The van der Waals surface area contributed by atoms with Crippen molar-refractivity contribution in [2.45, 2.75) is 43.5 Å². The molecule has 0 aliphatic carbocycles. The predicted molar refractivity (Wildman–Crippen MR) is 110 cm³/mol. The van der Waals surface area contributed by atoms with Crippen LogP contribution in [0.3, 0.4) is 0 Å². The second-order valence-electron chi connectivity index (χ2n) is 6.41. The Labute approximate surface area is 169 Å². The van der Waals surface area contributed by atoms with Gasteiger partial charge in [0.15, 0.2) is 0 Å². The fourth-order valence-electron chi connectivity index (χ4n) is 2.54. The SMILES string of the molecule is CCOC(=O)C(NS(=O)(=O)c1ccc(C)cc1)C(Br)c1ccc(C)c(C)c1. The van der Waals surface area contributed by atoms with Crippen LogP contribution in [0.5, 0.6) is 0 Å².